The van der Waals surface area contributed by atoms with Crippen molar-refractivity contribution in [2.45, 2.75) is 52.4 Å². The third kappa shape index (κ3) is 4.94. The first-order valence-electron chi connectivity index (χ1n) is 6.19. The standard InChI is InChI=1S/C12H25PS/c1-12(2)8-7-11-13(14)9-5-3-4-6-10-13/h12H,3-11H2,1-2H3. The molecule has 0 atom stereocenters. The molecule has 0 amide bonds. The van der Waals surface area contributed by atoms with Gasteiger partial charge in [0, 0.05) is 0 Å². The first-order valence-corrected chi connectivity index (χ1v) is 9.55. The Morgan fingerprint density at radius 3 is 2.14 bits per heavy atom. The maximum Gasteiger partial charge on any atom is -0.0235 e. The van der Waals surface area contributed by atoms with Crippen molar-refractivity contribution in [2.24, 2.45) is 5.92 Å². The smallest absolute Gasteiger partial charge is 0.0235 e. The predicted molar refractivity (Wildman–Crippen MR) is 71.4 cm³/mol. The zero-order valence-electron chi connectivity index (χ0n) is 9.80. The van der Waals surface area contributed by atoms with E-state index in [1.165, 1.54) is 57.0 Å². The zero-order chi connectivity index (χ0) is 10.4. The van der Waals surface area contributed by atoms with Gasteiger partial charge >= 0.3 is 0 Å². The van der Waals surface area contributed by atoms with Gasteiger partial charge in [0.2, 0.25) is 0 Å². The average Bonchev–Trinajstić information content (AvgIpc) is 2.30. The van der Waals surface area contributed by atoms with Crippen molar-refractivity contribution < 1.29 is 0 Å². The van der Waals surface area contributed by atoms with Crippen LogP contribution in [0.4, 0.5) is 0 Å². The van der Waals surface area contributed by atoms with E-state index in [0.29, 0.717) is 0 Å². The monoisotopic (exact) mass is 232 g/mol. The Morgan fingerprint density at radius 1 is 1.07 bits per heavy atom. The topological polar surface area (TPSA) is 0 Å². The van der Waals surface area contributed by atoms with E-state index in [1.54, 1.807) is 0 Å². The fraction of sp³-hybridized carbons (Fsp3) is 1.00. The molecule has 0 saturated carbocycles. The first-order chi connectivity index (χ1) is 6.62. The van der Waals surface area contributed by atoms with Crippen LogP contribution in [0.5, 0.6) is 0 Å². The van der Waals surface area contributed by atoms with E-state index in [2.05, 4.69) is 13.8 Å². The molecule has 0 spiro atoms. The van der Waals surface area contributed by atoms with Crippen molar-refractivity contribution >= 4 is 17.8 Å². The van der Waals surface area contributed by atoms with Gasteiger partial charge in [-0.2, -0.15) is 0 Å². The predicted octanol–water partition coefficient (Wildman–Crippen LogP) is 4.48. The SMILES string of the molecule is CC(C)CCCP1(=S)CCCCCC1. The van der Waals surface area contributed by atoms with Crippen LogP contribution in [-0.4, -0.2) is 18.5 Å². The summed E-state index contributed by atoms with van der Waals surface area (Å²) in [4.78, 5) is 0. The Kier molecular flexibility index (Phi) is 5.71. The average molecular weight is 232 g/mol. The summed E-state index contributed by atoms with van der Waals surface area (Å²) in [5.41, 5.74) is 0. The largest absolute Gasteiger partial charge is 0.0975 e. The summed E-state index contributed by atoms with van der Waals surface area (Å²) in [5, 5.41) is 0. The van der Waals surface area contributed by atoms with Crippen LogP contribution in [-0.2, 0) is 11.8 Å². The lowest BCUT2D eigenvalue weighted by Gasteiger charge is -2.20. The minimum Gasteiger partial charge on any atom is -0.0975 e. The van der Waals surface area contributed by atoms with Crippen molar-refractivity contribution in [3.63, 3.8) is 0 Å². The van der Waals surface area contributed by atoms with Crippen molar-refractivity contribution in [3.8, 4) is 0 Å². The van der Waals surface area contributed by atoms with E-state index < -0.39 is 6.04 Å². The molecular formula is C12H25PS. The van der Waals surface area contributed by atoms with Crippen LogP contribution >= 0.6 is 6.04 Å². The minimum absolute atomic E-state index is 0.864. The second-order valence-electron chi connectivity index (χ2n) is 5.18. The summed E-state index contributed by atoms with van der Waals surface area (Å²) in [7, 11) is 0. The third-order valence-corrected chi connectivity index (χ3v) is 8.27. The van der Waals surface area contributed by atoms with Gasteiger partial charge in [0.15, 0.2) is 0 Å². The lowest BCUT2D eigenvalue weighted by molar-refractivity contribution is 0.578. The van der Waals surface area contributed by atoms with Crippen LogP contribution in [0, 0.1) is 5.92 Å². The van der Waals surface area contributed by atoms with Crippen molar-refractivity contribution in [3.05, 3.63) is 0 Å². The lowest BCUT2D eigenvalue weighted by atomic mass is 10.1. The lowest BCUT2D eigenvalue weighted by Crippen LogP contribution is -1.99. The van der Waals surface area contributed by atoms with E-state index in [9.17, 15) is 0 Å². The van der Waals surface area contributed by atoms with Crippen LogP contribution in [0.15, 0.2) is 0 Å². The molecular weight excluding hydrogens is 207 g/mol. The van der Waals surface area contributed by atoms with E-state index >= 15 is 0 Å². The van der Waals surface area contributed by atoms with Crippen LogP contribution in [0.2, 0.25) is 0 Å². The molecule has 0 N–H and O–H groups in total. The molecule has 14 heavy (non-hydrogen) atoms. The van der Waals surface area contributed by atoms with E-state index in [-0.39, 0.29) is 0 Å². The molecule has 0 bridgehead atoms. The van der Waals surface area contributed by atoms with Crippen molar-refractivity contribution in [1.29, 1.82) is 0 Å². The van der Waals surface area contributed by atoms with Gasteiger partial charge in [-0.3, -0.25) is 0 Å². The van der Waals surface area contributed by atoms with Crippen molar-refractivity contribution in [1.82, 2.24) is 0 Å². The quantitative estimate of drug-likeness (QED) is 0.644. The van der Waals surface area contributed by atoms with Gasteiger partial charge in [-0.05, 0) is 49.7 Å². The molecule has 2 heteroatoms. The summed E-state index contributed by atoms with van der Waals surface area (Å²) in [6.45, 7) is 4.64. The van der Waals surface area contributed by atoms with Crippen LogP contribution < -0.4 is 0 Å². The molecule has 1 aliphatic heterocycles. The van der Waals surface area contributed by atoms with Crippen LogP contribution in [0.3, 0.4) is 0 Å². The van der Waals surface area contributed by atoms with Gasteiger partial charge in [-0.1, -0.05) is 44.9 Å². The number of hydrogen-bond acceptors (Lipinski definition) is 1. The normalized spacial score (nSPS) is 22.2. The summed E-state index contributed by atoms with van der Waals surface area (Å²) >= 11 is 5.90. The van der Waals surface area contributed by atoms with E-state index in [1.807, 2.05) is 0 Å². The summed E-state index contributed by atoms with van der Waals surface area (Å²) in [5.74, 6) is 0.864. The molecule has 84 valence electrons. The molecule has 1 heterocycles. The molecule has 1 rings (SSSR count). The molecule has 1 saturated heterocycles. The molecule has 0 aliphatic carbocycles. The molecule has 0 unspecified atom stereocenters. The minimum atomic E-state index is -0.880. The maximum atomic E-state index is 5.90. The van der Waals surface area contributed by atoms with Gasteiger partial charge < -0.3 is 0 Å². The highest BCUT2D eigenvalue weighted by atomic mass is 32.4. The molecule has 0 aromatic rings. The van der Waals surface area contributed by atoms with Gasteiger partial charge in [0.05, 0.1) is 0 Å². The fourth-order valence-corrected chi connectivity index (χ4v) is 6.47. The third-order valence-electron chi connectivity index (χ3n) is 3.23. The highest BCUT2D eigenvalue weighted by Crippen LogP contribution is 2.50. The Labute approximate surface area is 94.9 Å². The molecule has 0 aromatic heterocycles. The first kappa shape index (κ1) is 12.7. The number of hydrogen-bond donors (Lipinski definition) is 0. The van der Waals surface area contributed by atoms with E-state index in [0.717, 1.165) is 5.92 Å². The second kappa shape index (κ2) is 6.28. The second-order valence-corrected chi connectivity index (χ2v) is 11.0. The maximum absolute atomic E-state index is 5.90. The summed E-state index contributed by atoms with van der Waals surface area (Å²) in [6.07, 6.45) is 12.8. The molecule has 0 radical (unpaired) electrons. The van der Waals surface area contributed by atoms with Crippen molar-refractivity contribution in [2.75, 3.05) is 18.5 Å². The molecule has 1 aliphatic rings. The molecule has 0 nitrogen and oxygen atoms in total. The van der Waals surface area contributed by atoms with Gasteiger partial charge in [-0.25, -0.2) is 0 Å². The fourth-order valence-electron chi connectivity index (χ4n) is 2.28. The van der Waals surface area contributed by atoms with Crippen LogP contribution in [0.25, 0.3) is 0 Å². The Bertz CT molecular complexity index is 186. The van der Waals surface area contributed by atoms with Gasteiger partial charge in [0.1, 0.15) is 0 Å². The van der Waals surface area contributed by atoms with Crippen LogP contribution in [0.1, 0.15) is 52.4 Å². The zero-order valence-corrected chi connectivity index (χ0v) is 11.5. The Hall–Kier alpha value is 0.650. The molecule has 1 fully saturated rings. The number of rotatable bonds is 4. The summed E-state index contributed by atoms with van der Waals surface area (Å²) < 4.78 is 0. The van der Waals surface area contributed by atoms with E-state index in [4.69, 9.17) is 11.8 Å². The Morgan fingerprint density at radius 2 is 1.64 bits per heavy atom. The van der Waals surface area contributed by atoms with Gasteiger partial charge in [0.25, 0.3) is 0 Å². The van der Waals surface area contributed by atoms with Gasteiger partial charge in [-0.15, -0.1) is 0 Å². The molecule has 0 aromatic carbocycles. The highest BCUT2D eigenvalue weighted by molar-refractivity contribution is 8.14. The Balaban J connectivity index is 2.28. The summed E-state index contributed by atoms with van der Waals surface area (Å²) in [6, 6.07) is -0.880. The highest BCUT2D eigenvalue weighted by Gasteiger charge is 2.18.